The third-order valence-electron chi connectivity index (χ3n) is 5.68. The summed E-state index contributed by atoms with van der Waals surface area (Å²) in [7, 11) is 0. The standard InChI is InChI=1S/C23H23N5O2S3/c1-15(22(30)27-8-10-28(11-9-27)23-24-7-12-31-23)32-14-18-25-20(29)19-17(13-33-21(19)26-18)16-5-3-2-4-6-16/h2-7,12-13,15H,8-11,14H2,1H3,(H,25,26,29)/t15-/m0/s1. The number of piperazine rings is 1. The quantitative estimate of drug-likeness (QED) is 0.432. The van der Waals surface area contributed by atoms with Gasteiger partial charge in [-0.15, -0.1) is 34.4 Å². The molecule has 1 N–H and O–H groups in total. The monoisotopic (exact) mass is 497 g/mol. The van der Waals surface area contributed by atoms with Crippen LogP contribution in [0.4, 0.5) is 5.13 Å². The lowest BCUT2D eigenvalue weighted by Crippen LogP contribution is -2.50. The van der Waals surface area contributed by atoms with Crippen molar-refractivity contribution in [2.75, 3.05) is 31.1 Å². The summed E-state index contributed by atoms with van der Waals surface area (Å²) in [6.07, 6.45) is 1.81. The van der Waals surface area contributed by atoms with Crippen molar-refractivity contribution in [2.24, 2.45) is 0 Å². The minimum Gasteiger partial charge on any atom is -0.345 e. The second-order valence-corrected chi connectivity index (χ2v) is 10.8. The number of fused-ring (bicyclic) bond motifs is 1. The van der Waals surface area contributed by atoms with E-state index >= 15 is 0 Å². The van der Waals surface area contributed by atoms with Crippen LogP contribution in [0.5, 0.6) is 0 Å². The Morgan fingerprint density at radius 2 is 1.97 bits per heavy atom. The first-order valence-corrected chi connectivity index (χ1v) is 13.5. The molecule has 1 saturated heterocycles. The number of thiazole rings is 1. The Kier molecular flexibility index (Phi) is 6.48. The zero-order valence-corrected chi connectivity index (χ0v) is 20.5. The van der Waals surface area contributed by atoms with Gasteiger partial charge in [-0.05, 0) is 12.5 Å². The number of thioether (sulfide) groups is 1. The van der Waals surface area contributed by atoms with Gasteiger partial charge in [-0.1, -0.05) is 30.3 Å². The van der Waals surface area contributed by atoms with Crippen LogP contribution >= 0.6 is 34.4 Å². The van der Waals surface area contributed by atoms with Crippen LogP contribution in [-0.2, 0) is 10.5 Å². The number of hydrogen-bond acceptors (Lipinski definition) is 8. The van der Waals surface area contributed by atoms with E-state index in [2.05, 4.69) is 19.9 Å². The van der Waals surface area contributed by atoms with E-state index < -0.39 is 0 Å². The highest BCUT2D eigenvalue weighted by Gasteiger charge is 2.26. The summed E-state index contributed by atoms with van der Waals surface area (Å²) in [5.41, 5.74) is 1.78. The van der Waals surface area contributed by atoms with Crippen LogP contribution in [0.15, 0.2) is 52.1 Å². The lowest BCUT2D eigenvalue weighted by atomic mass is 10.1. The van der Waals surface area contributed by atoms with E-state index in [0.717, 1.165) is 34.2 Å². The second kappa shape index (κ2) is 9.66. The number of H-pyrrole nitrogens is 1. The van der Waals surface area contributed by atoms with Gasteiger partial charge in [0.05, 0.1) is 16.4 Å². The molecule has 5 rings (SSSR count). The summed E-state index contributed by atoms with van der Waals surface area (Å²) in [6.45, 7) is 4.91. The third-order valence-corrected chi connectivity index (χ3v) is 8.52. The molecule has 1 aliphatic heterocycles. The SMILES string of the molecule is C[C@H](SCc1nc2scc(-c3ccccc3)c2c(=O)[nH]1)C(=O)N1CCN(c2nccs2)CC1. The van der Waals surface area contributed by atoms with Crippen molar-refractivity contribution in [3.05, 3.63) is 63.5 Å². The van der Waals surface area contributed by atoms with Crippen LogP contribution in [0.1, 0.15) is 12.7 Å². The predicted octanol–water partition coefficient (Wildman–Crippen LogP) is 4.08. The smallest absolute Gasteiger partial charge is 0.260 e. The van der Waals surface area contributed by atoms with Crippen molar-refractivity contribution in [3.63, 3.8) is 0 Å². The molecule has 0 radical (unpaired) electrons. The fourth-order valence-corrected chi connectivity index (χ4v) is 6.41. The van der Waals surface area contributed by atoms with Crippen LogP contribution in [0.25, 0.3) is 21.3 Å². The number of carbonyl (C=O) groups is 1. The molecule has 7 nitrogen and oxygen atoms in total. The van der Waals surface area contributed by atoms with Crippen LogP contribution in [0.3, 0.4) is 0 Å². The van der Waals surface area contributed by atoms with Gasteiger partial charge in [0.2, 0.25) is 5.91 Å². The third kappa shape index (κ3) is 4.68. The molecular formula is C23H23N5O2S3. The van der Waals surface area contributed by atoms with E-state index in [9.17, 15) is 9.59 Å². The van der Waals surface area contributed by atoms with Crippen LogP contribution in [-0.4, -0.2) is 57.2 Å². The highest BCUT2D eigenvalue weighted by atomic mass is 32.2. The van der Waals surface area contributed by atoms with Crippen molar-refractivity contribution < 1.29 is 4.79 Å². The lowest BCUT2D eigenvalue weighted by molar-refractivity contribution is -0.130. The summed E-state index contributed by atoms with van der Waals surface area (Å²) < 4.78 is 0. The van der Waals surface area contributed by atoms with E-state index in [-0.39, 0.29) is 16.7 Å². The summed E-state index contributed by atoms with van der Waals surface area (Å²) >= 11 is 4.61. The van der Waals surface area contributed by atoms with Crippen LogP contribution < -0.4 is 10.5 Å². The minimum absolute atomic E-state index is 0.129. The summed E-state index contributed by atoms with van der Waals surface area (Å²) in [6, 6.07) is 9.87. The number of nitrogens with zero attached hydrogens (tertiary/aromatic N) is 4. The normalized spacial score (nSPS) is 15.2. The van der Waals surface area contributed by atoms with Crippen molar-refractivity contribution in [3.8, 4) is 11.1 Å². The zero-order chi connectivity index (χ0) is 22.8. The molecule has 3 aromatic heterocycles. The first-order valence-electron chi connectivity index (χ1n) is 10.7. The van der Waals surface area contributed by atoms with Crippen molar-refractivity contribution in [1.29, 1.82) is 0 Å². The molecule has 1 aromatic carbocycles. The summed E-state index contributed by atoms with van der Waals surface area (Å²) in [5, 5.41) is 5.39. The molecule has 0 bridgehead atoms. The van der Waals surface area contributed by atoms with E-state index in [0.29, 0.717) is 30.1 Å². The van der Waals surface area contributed by atoms with Crippen LogP contribution in [0, 0.1) is 0 Å². The average Bonchev–Trinajstić information content (AvgIpc) is 3.53. The number of aromatic nitrogens is 3. The Balaban J connectivity index is 1.22. The molecule has 0 unspecified atom stereocenters. The molecule has 0 aliphatic carbocycles. The van der Waals surface area contributed by atoms with Gasteiger partial charge < -0.3 is 14.8 Å². The summed E-state index contributed by atoms with van der Waals surface area (Å²) in [5.74, 6) is 1.22. The Morgan fingerprint density at radius 3 is 2.70 bits per heavy atom. The molecule has 10 heteroatoms. The van der Waals surface area contributed by atoms with Gasteiger partial charge in [-0.3, -0.25) is 9.59 Å². The molecule has 0 saturated carbocycles. The maximum Gasteiger partial charge on any atom is 0.260 e. The molecule has 1 aliphatic rings. The lowest BCUT2D eigenvalue weighted by Gasteiger charge is -2.35. The first kappa shape index (κ1) is 22.1. The van der Waals surface area contributed by atoms with Gasteiger partial charge in [0, 0.05) is 48.7 Å². The number of rotatable bonds is 6. The molecule has 4 aromatic rings. The number of anilines is 1. The Bertz CT molecular complexity index is 1290. The molecule has 33 heavy (non-hydrogen) atoms. The molecule has 4 heterocycles. The average molecular weight is 498 g/mol. The summed E-state index contributed by atoms with van der Waals surface area (Å²) in [4.78, 5) is 42.6. The van der Waals surface area contributed by atoms with E-state index in [1.165, 1.54) is 23.1 Å². The molecule has 1 atom stereocenters. The highest BCUT2D eigenvalue weighted by molar-refractivity contribution is 7.99. The van der Waals surface area contributed by atoms with Crippen LogP contribution in [0.2, 0.25) is 0 Å². The maximum atomic E-state index is 12.9. The maximum absolute atomic E-state index is 12.9. The molecule has 1 fully saturated rings. The van der Waals surface area contributed by atoms with E-state index in [1.54, 1.807) is 11.3 Å². The Labute approximate surface area is 203 Å². The number of hydrogen-bond donors (Lipinski definition) is 1. The molecule has 1 amide bonds. The highest BCUT2D eigenvalue weighted by Crippen LogP contribution is 2.31. The second-order valence-electron chi connectivity index (χ2n) is 7.79. The minimum atomic E-state index is -0.208. The van der Waals surface area contributed by atoms with E-state index in [1.807, 2.05) is 59.1 Å². The fraction of sp³-hybridized carbons (Fsp3) is 0.304. The number of carbonyl (C=O) groups excluding carboxylic acids is 1. The molecular weight excluding hydrogens is 474 g/mol. The van der Waals surface area contributed by atoms with Gasteiger partial charge in [-0.2, -0.15) is 0 Å². The molecule has 0 spiro atoms. The van der Waals surface area contributed by atoms with Gasteiger partial charge in [-0.25, -0.2) is 9.97 Å². The predicted molar refractivity (Wildman–Crippen MR) is 137 cm³/mol. The van der Waals surface area contributed by atoms with Crippen molar-refractivity contribution >= 4 is 55.7 Å². The number of nitrogens with one attached hydrogen (secondary N) is 1. The zero-order valence-electron chi connectivity index (χ0n) is 18.1. The van der Waals surface area contributed by atoms with Gasteiger partial charge in [0.25, 0.3) is 5.56 Å². The number of aromatic amines is 1. The Hall–Kier alpha value is -2.69. The van der Waals surface area contributed by atoms with Gasteiger partial charge in [0.15, 0.2) is 5.13 Å². The fourth-order valence-electron chi connectivity index (χ4n) is 3.91. The van der Waals surface area contributed by atoms with Crippen molar-refractivity contribution in [2.45, 2.75) is 17.9 Å². The topological polar surface area (TPSA) is 82.2 Å². The molecule has 170 valence electrons. The van der Waals surface area contributed by atoms with Gasteiger partial charge in [0.1, 0.15) is 10.7 Å². The largest absolute Gasteiger partial charge is 0.345 e. The number of thiophene rings is 1. The number of amides is 1. The first-order chi connectivity index (χ1) is 16.1. The number of benzene rings is 1. The van der Waals surface area contributed by atoms with Crippen molar-refractivity contribution in [1.82, 2.24) is 19.9 Å². The van der Waals surface area contributed by atoms with Gasteiger partial charge >= 0.3 is 0 Å². The Morgan fingerprint density at radius 1 is 1.18 bits per heavy atom. The van der Waals surface area contributed by atoms with E-state index in [4.69, 9.17) is 0 Å².